The Kier molecular flexibility index (Phi) is 1.90. The average molecular weight is 169 g/mol. The minimum absolute atomic E-state index is 0.0440. The molecule has 6 heteroatoms. The lowest BCUT2D eigenvalue weighted by molar-refractivity contribution is -0.392. The summed E-state index contributed by atoms with van der Waals surface area (Å²) < 4.78 is 1.07. The van der Waals surface area contributed by atoms with Crippen molar-refractivity contribution >= 4 is 11.6 Å². The van der Waals surface area contributed by atoms with Gasteiger partial charge < -0.3 is 10.1 Å². The number of aromatic nitrogens is 2. The molecule has 1 aromatic heterocycles. The van der Waals surface area contributed by atoms with Gasteiger partial charge in [-0.3, -0.25) is 4.79 Å². The monoisotopic (exact) mass is 169 g/mol. The van der Waals surface area contributed by atoms with Crippen molar-refractivity contribution in [3.8, 4) is 0 Å². The molecule has 12 heavy (non-hydrogen) atoms. The second-order valence-corrected chi connectivity index (χ2v) is 2.32. The molecular formula is C6H7N3O3. The van der Waals surface area contributed by atoms with Crippen molar-refractivity contribution in [3.63, 3.8) is 0 Å². The van der Waals surface area contributed by atoms with Crippen LogP contribution < -0.4 is 0 Å². The maximum absolute atomic E-state index is 10.8. The number of nitrogens with zero attached hydrogens (tertiary/aromatic N) is 3. The molecule has 0 atom stereocenters. The number of hydrogen-bond donors (Lipinski definition) is 0. The summed E-state index contributed by atoms with van der Waals surface area (Å²) in [6.45, 7) is 1.27. The highest BCUT2D eigenvalue weighted by molar-refractivity contribution is 5.97. The molecule has 0 saturated heterocycles. The van der Waals surface area contributed by atoms with Gasteiger partial charge >= 0.3 is 5.82 Å². The summed E-state index contributed by atoms with van der Waals surface area (Å²) in [4.78, 5) is 20.6. The molecule has 0 radical (unpaired) electrons. The molecule has 1 heterocycles. The molecule has 0 unspecified atom stereocenters. The van der Waals surface area contributed by atoms with Crippen molar-refractivity contribution < 1.29 is 9.72 Å². The van der Waals surface area contributed by atoms with Gasteiger partial charge in [0.2, 0.25) is 0 Å². The van der Waals surface area contributed by atoms with Crippen LogP contribution in [0.2, 0.25) is 0 Å². The Labute approximate surface area is 67.9 Å². The summed E-state index contributed by atoms with van der Waals surface area (Å²) in [5, 5.41) is 14.0. The smallest absolute Gasteiger partial charge is 0.355 e. The molecule has 0 bridgehead atoms. The minimum atomic E-state index is -0.621. The summed E-state index contributed by atoms with van der Waals surface area (Å²) >= 11 is 0. The van der Waals surface area contributed by atoms with E-state index in [1.165, 1.54) is 20.2 Å². The molecule has 0 amide bonds. The van der Waals surface area contributed by atoms with Gasteiger partial charge in [0.05, 0.1) is 6.20 Å². The van der Waals surface area contributed by atoms with Crippen LogP contribution in [0.25, 0.3) is 0 Å². The van der Waals surface area contributed by atoms with Crippen LogP contribution in [-0.4, -0.2) is 20.5 Å². The largest absolute Gasteiger partial charge is 0.358 e. The van der Waals surface area contributed by atoms with E-state index in [1.807, 2.05) is 0 Å². The van der Waals surface area contributed by atoms with Crippen molar-refractivity contribution in [1.29, 1.82) is 0 Å². The lowest BCUT2D eigenvalue weighted by Crippen LogP contribution is -2.02. The van der Waals surface area contributed by atoms with Gasteiger partial charge in [-0.1, -0.05) is 5.10 Å². The quantitative estimate of drug-likeness (QED) is 0.367. The van der Waals surface area contributed by atoms with Gasteiger partial charge in [-0.2, -0.15) is 0 Å². The van der Waals surface area contributed by atoms with E-state index < -0.39 is 4.92 Å². The van der Waals surface area contributed by atoms with Crippen LogP contribution in [0.5, 0.6) is 0 Å². The molecule has 64 valence electrons. The van der Waals surface area contributed by atoms with Crippen molar-refractivity contribution in [1.82, 2.24) is 9.78 Å². The van der Waals surface area contributed by atoms with Gasteiger partial charge in [-0.05, 0) is 11.8 Å². The fraction of sp³-hybridized carbons (Fsp3) is 0.333. The SMILES string of the molecule is CC(=O)c1cnn(C)c1[N+](=O)[O-]. The fourth-order valence-electron chi connectivity index (χ4n) is 0.896. The Morgan fingerprint density at radius 2 is 2.33 bits per heavy atom. The number of rotatable bonds is 2. The van der Waals surface area contributed by atoms with Crippen LogP contribution in [0.15, 0.2) is 6.20 Å². The normalized spacial score (nSPS) is 9.83. The van der Waals surface area contributed by atoms with E-state index in [9.17, 15) is 14.9 Å². The summed E-state index contributed by atoms with van der Waals surface area (Å²) in [5.74, 6) is -0.614. The predicted molar refractivity (Wildman–Crippen MR) is 39.9 cm³/mol. The summed E-state index contributed by atoms with van der Waals surface area (Å²) in [6, 6.07) is 0. The fourth-order valence-corrected chi connectivity index (χ4v) is 0.896. The van der Waals surface area contributed by atoms with E-state index in [1.54, 1.807) is 0 Å². The lowest BCUT2D eigenvalue weighted by atomic mass is 10.2. The van der Waals surface area contributed by atoms with E-state index in [0.29, 0.717) is 0 Å². The molecule has 1 rings (SSSR count). The minimum Gasteiger partial charge on any atom is -0.358 e. The summed E-state index contributed by atoms with van der Waals surface area (Å²) in [7, 11) is 1.42. The molecular weight excluding hydrogens is 162 g/mol. The lowest BCUT2D eigenvalue weighted by Gasteiger charge is -1.94. The van der Waals surface area contributed by atoms with Crippen LogP contribution in [0.3, 0.4) is 0 Å². The molecule has 0 aliphatic rings. The second-order valence-electron chi connectivity index (χ2n) is 2.32. The third-order valence-corrected chi connectivity index (χ3v) is 1.46. The Morgan fingerprint density at radius 1 is 1.75 bits per heavy atom. The number of ketones is 1. The second kappa shape index (κ2) is 2.72. The van der Waals surface area contributed by atoms with E-state index in [4.69, 9.17) is 0 Å². The van der Waals surface area contributed by atoms with Crippen molar-refractivity contribution in [2.24, 2.45) is 7.05 Å². The van der Waals surface area contributed by atoms with Crippen molar-refractivity contribution in [2.75, 3.05) is 0 Å². The maximum Gasteiger partial charge on any atom is 0.355 e. The van der Waals surface area contributed by atoms with Crippen LogP contribution in [-0.2, 0) is 7.05 Å². The number of hydrogen-bond acceptors (Lipinski definition) is 4. The van der Waals surface area contributed by atoms with Crippen LogP contribution in [0.1, 0.15) is 17.3 Å². The molecule has 0 aromatic carbocycles. The zero-order chi connectivity index (χ0) is 9.30. The van der Waals surface area contributed by atoms with Crippen molar-refractivity contribution in [2.45, 2.75) is 6.92 Å². The highest BCUT2D eigenvalue weighted by Crippen LogP contribution is 2.16. The molecule has 0 aliphatic carbocycles. The number of aryl methyl sites for hydroxylation is 1. The third-order valence-electron chi connectivity index (χ3n) is 1.46. The first kappa shape index (κ1) is 8.38. The number of Topliss-reactive ketones (excluding diaryl/α,β-unsaturated/α-hetero) is 1. The molecule has 0 fully saturated rings. The van der Waals surface area contributed by atoms with Gasteiger partial charge in [0.15, 0.2) is 5.78 Å². The zero-order valence-corrected chi connectivity index (χ0v) is 6.64. The first-order valence-corrected chi connectivity index (χ1v) is 3.21. The van der Waals surface area contributed by atoms with E-state index in [-0.39, 0.29) is 17.2 Å². The summed E-state index contributed by atoms with van der Waals surface area (Å²) in [6.07, 6.45) is 1.19. The van der Waals surface area contributed by atoms with Gasteiger partial charge in [-0.25, -0.2) is 0 Å². The highest BCUT2D eigenvalue weighted by atomic mass is 16.6. The van der Waals surface area contributed by atoms with Gasteiger partial charge in [0.1, 0.15) is 12.6 Å². The van der Waals surface area contributed by atoms with E-state index in [0.717, 1.165) is 4.68 Å². The third kappa shape index (κ3) is 1.18. The standard InChI is InChI=1S/C6H7N3O3/c1-4(10)5-3-7-8(2)6(5)9(11)12/h3H,1-2H3. The number of carbonyl (C=O) groups is 1. The Bertz CT molecular complexity index is 342. The van der Waals surface area contributed by atoms with Gasteiger partial charge in [0.25, 0.3) is 0 Å². The molecule has 0 saturated carbocycles. The topological polar surface area (TPSA) is 78.0 Å². The molecule has 1 aromatic rings. The Morgan fingerprint density at radius 3 is 2.67 bits per heavy atom. The molecule has 0 aliphatic heterocycles. The average Bonchev–Trinajstić information content (AvgIpc) is 2.30. The number of nitro groups is 1. The first-order chi connectivity index (χ1) is 5.54. The highest BCUT2D eigenvalue weighted by Gasteiger charge is 2.21. The van der Waals surface area contributed by atoms with Crippen LogP contribution in [0, 0.1) is 10.1 Å². The first-order valence-electron chi connectivity index (χ1n) is 3.21. The molecule has 0 spiro atoms. The van der Waals surface area contributed by atoms with Gasteiger partial charge in [0, 0.05) is 0 Å². The Balaban J connectivity index is 3.31. The Hall–Kier alpha value is -1.72. The van der Waals surface area contributed by atoms with Crippen LogP contribution in [0.4, 0.5) is 5.82 Å². The molecule has 0 N–H and O–H groups in total. The summed E-state index contributed by atoms with van der Waals surface area (Å²) in [5.41, 5.74) is 0.0440. The maximum atomic E-state index is 10.8. The zero-order valence-electron chi connectivity index (χ0n) is 6.64. The van der Waals surface area contributed by atoms with E-state index in [2.05, 4.69) is 5.10 Å². The predicted octanol–water partition coefficient (Wildman–Crippen LogP) is 0.531. The van der Waals surface area contributed by atoms with Crippen LogP contribution >= 0.6 is 0 Å². The van der Waals surface area contributed by atoms with Gasteiger partial charge in [-0.15, -0.1) is 4.68 Å². The number of carbonyl (C=O) groups excluding carboxylic acids is 1. The molecule has 6 nitrogen and oxygen atoms in total. The van der Waals surface area contributed by atoms with Crippen molar-refractivity contribution in [3.05, 3.63) is 21.9 Å². The van der Waals surface area contributed by atoms with E-state index >= 15 is 0 Å².